The van der Waals surface area contributed by atoms with Gasteiger partial charge in [-0.15, -0.1) is 0 Å². The first-order chi connectivity index (χ1) is 10.0. The number of aliphatic carboxylic acids is 1. The van der Waals surface area contributed by atoms with E-state index in [1.54, 1.807) is 12.4 Å². The Labute approximate surface area is 127 Å². The monoisotopic (exact) mass is 294 g/mol. The molecular weight excluding hydrogens is 266 g/mol. The Morgan fingerprint density at radius 2 is 2.19 bits per heavy atom. The zero-order chi connectivity index (χ0) is 15.7. The van der Waals surface area contributed by atoms with Gasteiger partial charge in [-0.25, -0.2) is 14.3 Å². The number of quaternary nitrogens is 1. The predicted molar refractivity (Wildman–Crippen MR) is 85.5 cm³/mol. The minimum Gasteiger partial charge on any atom is -0.477 e. The highest BCUT2D eigenvalue weighted by Crippen LogP contribution is 2.23. The van der Waals surface area contributed by atoms with Crippen LogP contribution in [0.1, 0.15) is 52.4 Å². The van der Waals surface area contributed by atoms with Crippen molar-refractivity contribution in [1.29, 1.82) is 0 Å². The van der Waals surface area contributed by atoms with E-state index in [-0.39, 0.29) is 17.2 Å². The maximum absolute atomic E-state index is 11.1. The first-order valence-electron chi connectivity index (χ1n) is 7.77. The highest BCUT2D eigenvalue weighted by atomic mass is 16.4. The summed E-state index contributed by atoms with van der Waals surface area (Å²) in [6.45, 7) is 3.94. The molecule has 1 heterocycles. The number of aliphatic imine (C=N–C) groups is 1. The lowest BCUT2D eigenvalue weighted by atomic mass is 10.1. The molecule has 0 spiro atoms. The van der Waals surface area contributed by atoms with E-state index in [2.05, 4.69) is 24.1 Å². The molecule has 0 aromatic carbocycles. The predicted octanol–water partition coefficient (Wildman–Crippen LogP) is 2.99. The van der Waals surface area contributed by atoms with E-state index < -0.39 is 5.97 Å². The summed E-state index contributed by atoms with van der Waals surface area (Å²) in [5.41, 5.74) is 6.02. The molecule has 0 bridgehead atoms. The Balaban J connectivity index is 2.46. The van der Waals surface area contributed by atoms with Gasteiger partial charge in [0.1, 0.15) is 12.4 Å². The number of amidine groups is 1. The fourth-order valence-corrected chi connectivity index (χ4v) is 2.59. The SMILES string of the molecule is CC/C=C/CCCCCC1=NC=C[N+]1(CC(=O)O)C(C)N. The minimum atomic E-state index is -0.851. The van der Waals surface area contributed by atoms with Crippen LogP contribution < -0.4 is 5.73 Å². The summed E-state index contributed by atoms with van der Waals surface area (Å²) in [5, 5.41) is 9.13. The average Bonchev–Trinajstić information content (AvgIpc) is 2.81. The number of hydrogen-bond acceptors (Lipinski definition) is 3. The van der Waals surface area contributed by atoms with Crippen LogP contribution >= 0.6 is 0 Å². The molecule has 0 radical (unpaired) electrons. The van der Waals surface area contributed by atoms with E-state index in [0.29, 0.717) is 0 Å². The van der Waals surface area contributed by atoms with Crippen LogP contribution in [-0.4, -0.2) is 34.1 Å². The fourth-order valence-electron chi connectivity index (χ4n) is 2.59. The molecule has 5 heteroatoms. The molecule has 5 nitrogen and oxygen atoms in total. The van der Waals surface area contributed by atoms with Crippen molar-refractivity contribution in [3.63, 3.8) is 0 Å². The summed E-state index contributed by atoms with van der Waals surface area (Å²) in [4.78, 5) is 15.5. The Bertz CT molecular complexity index is 427. The highest BCUT2D eigenvalue weighted by molar-refractivity contribution is 5.81. The molecule has 118 valence electrons. The summed E-state index contributed by atoms with van der Waals surface area (Å²) in [5.74, 6) is 0.0211. The summed E-state index contributed by atoms with van der Waals surface area (Å²) in [7, 11) is 0. The molecule has 1 aliphatic rings. The third-order valence-electron chi connectivity index (χ3n) is 3.83. The zero-order valence-electron chi connectivity index (χ0n) is 13.2. The van der Waals surface area contributed by atoms with Crippen LogP contribution in [0.4, 0.5) is 0 Å². The molecule has 21 heavy (non-hydrogen) atoms. The molecule has 0 amide bonds. The summed E-state index contributed by atoms with van der Waals surface area (Å²) in [6.07, 6.45) is 13.9. The van der Waals surface area contributed by atoms with Crippen LogP contribution in [0.15, 0.2) is 29.5 Å². The van der Waals surface area contributed by atoms with E-state index in [9.17, 15) is 4.79 Å². The van der Waals surface area contributed by atoms with Crippen LogP contribution in [0.25, 0.3) is 0 Å². The maximum Gasteiger partial charge on any atom is 0.360 e. The molecule has 0 aromatic rings. The van der Waals surface area contributed by atoms with E-state index in [0.717, 1.165) is 44.4 Å². The Hall–Kier alpha value is -1.46. The molecule has 0 aliphatic carbocycles. The number of allylic oxidation sites excluding steroid dienone is 2. The van der Waals surface area contributed by atoms with E-state index in [4.69, 9.17) is 10.8 Å². The number of unbranched alkanes of at least 4 members (excludes halogenated alkanes) is 3. The molecule has 1 aliphatic heterocycles. The van der Waals surface area contributed by atoms with Gasteiger partial charge >= 0.3 is 5.97 Å². The first kappa shape index (κ1) is 17.6. The normalized spacial score (nSPS) is 22.7. The van der Waals surface area contributed by atoms with Gasteiger partial charge in [-0.1, -0.05) is 25.5 Å². The first-order valence-corrected chi connectivity index (χ1v) is 7.77. The van der Waals surface area contributed by atoms with Gasteiger partial charge in [-0.05, 0) is 25.7 Å². The lowest BCUT2D eigenvalue weighted by Crippen LogP contribution is -2.59. The van der Waals surface area contributed by atoms with Crippen molar-refractivity contribution in [3.8, 4) is 0 Å². The van der Waals surface area contributed by atoms with E-state index in [1.165, 1.54) is 0 Å². The van der Waals surface area contributed by atoms with Crippen LogP contribution in [0.5, 0.6) is 0 Å². The third-order valence-corrected chi connectivity index (χ3v) is 3.83. The van der Waals surface area contributed by atoms with Crippen LogP contribution in [0, 0.1) is 0 Å². The van der Waals surface area contributed by atoms with E-state index >= 15 is 0 Å². The third kappa shape index (κ3) is 5.10. The van der Waals surface area contributed by atoms with Gasteiger partial charge in [-0.3, -0.25) is 5.73 Å². The number of carboxylic acids is 1. The Morgan fingerprint density at radius 3 is 2.81 bits per heavy atom. The molecule has 3 N–H and O–H groups in total. The Kier molecular flexibility index (Phi) is 7.32. The summed E-state index contributed by atoms with van der Waals surface area (Å²) in [6, 6.07) is 0. The van der Waals surface area contributed by atoms with Crippen LogP contribution in [0.3, 0.4) is 0 Å². The molecule has 2 unspecified atom stereocenters. The minimum absolute atomic E-state index is 0.0355. The van der Waals surface area contributed by atoms with Crippen LogP contribution in [-0.2, 0) is 4.79 Å². The molecule has 0 aromatic heterocycles. The maximum atomic E-state index is 11.1. The fraction of sp³-hybridized carbons (Fsp3) is 0.625. The van der Waals surface area contributed by atoms with Crippen molar-refractivity contribution in [3.05, 3.63) is 24.6 Å². The number of carboxylic acid groups (broad SMARTS) is 1. The quantitative estimate of drug-likeness (QED) is 0.369. The van der Waals surface area contributed by atoms with Gasteiger partial charge < -0.3 is 5.11 Å². The summed E-state index contributed by atoms with van der Waals surface area (Å²) >= 11 is 0. The standard InChI is InChI=1S/C16H27N3O2/c1-3-4-5-6-7-8-9-10-15-18-11-12-19(15,14(2)17)13-16(20)21/h4-5,11-12,14H,3,6-10,13,17H2,1-2H3/p+1/b5-4+. The second kappa shape index (κ2) is 8.74. The van der Waals surface area contributed by atoms with Crippen molar-refractivity contribution >= 4 is 11.8 Å². The van der Waals surface area contributed by atoms with Gasteiger partial charge in [-0.2, -0.15) is 0 Å². The number of nitrogens with two attached hydrogens (primary N) is 1. The highest BCUT2D eigenvalue weighted by Gasteiger charge is 2.40. The van der Waals surface area contributed by atoms with Crippen molar-refractivity contribution in [2.24, 2.45) is 10.7 Å². The van der Waals surface area contributed by atoms with Gasteiger partial charge in [0.25, 0.3) is 0 Å². The average molecular weight is 294 g/mol. The molecule has 0 saturated carbocycles. The second-order valence-electron chi connectivity index (χ2n) is 5.55. The number of nitrogens with zero attached hydrogens (tertiary/aromatic N) is 2. The van der Waals surface area contributed by atoms with Gasteiger partial charge in [0, 0.05) is 13.3 Å². The van der Waals surface area contributed by atoms with Gasteiger partial charge in [0.2, 0.25) is 5.84 Å². The van der Waals surface area contributed by atoms with E-state index in [1.807, 2.05) is 6.92 Å². The summed E-state index contributed by atoms with van der Waals surface area (Å²) < 4.78 is 0.158. The van der Waals surface area contributed by atoms with Crippen LogP contribution in [0.2, 0.25) is 0 Å². The van der Waals surface area contributed by atoms with Crippen molar-refractivity contribution < 1.29 is 14.4 Å². The number of carbonyl (C=O) groups is 1. The molecule has 0 saturated heterocycles. The lowest BCUT2D eigenvalue weighted by Gasteiger charge is -2.34. The molecule has 0 fully saturated rings. The molecule has 2 atom stereocenters. The van der Waals surface area contributed by atoms with Gasteiger partial charge in [0.05, 0.1) is 6.20 Å². The smallest absolute Gasteiger partial charge is 0.360 e. The van der Waals surface area contributed by atoms with Crippen molar-refractivity contribution in [2.75, 3.05) is 6.54 Å². The Morgan fingerprint density at radius 1 is 1.43 bits per heavy atom. The molecular formula is C16H28N3O2+. The topological polar surface area (TPSA) is 75.7 Å². The number of rotatable bonds is 10. The molecule has 1 rings (SSSR count). The largest absolute Gasteiger partial charge is 0.477 e. The lowest BCUT2D eigenvalue weighted by molar-refractivity contribution is -0.805. The van der Waals surface area contributed by atoms with Crippen molar-refractivity contribution in [2.45, 2.75) is 58.5 Å². The second-order valence-corrected chi connectivity index (χ2v) is 5.55. The van der Waals surface area contributed by atoms with Gasteiger partial charge in [0.15, 0.2) is 6.54 Å². The van der Waals surface area contributed by atoms with Crippen molar-refractivity contribution in [1.82, 2.24) is 0 Å². The zero-order valence-corrected chi connectivity index (χ0v) is 13.2. The number of hydrogen-bond donors (Lipinski definition) is 2.